The molecule has 0 bridgehead atoms. The minimum absolute atomic E-state index is 0.0295. The summed E-state index contributed by atoms with van der Waals surface area (Å²) in [6, 6.07) is 4.52. The minimum Gasteiger partial charge on any atom is -0.377 e. The zero-order chi connectivity index (χ0) is 16.8. The van der Waals surface area contributed by atoms with Crippen molar-refractivity contribution in [1.29, 1.82) is 0 Å². The van der Waals surface area contributed by atoms with Crippen LogP contribution < -0.4 is 5.32 Å². The van der Waals surface area contributed by atoms with Crippen LogP contribution in [0, 0.1) is 17.2 Å². The number of nitrogens with zero attached hydrogens (tertiary/aromatic N) is 1. The van der Waals surface area contributed by atoms with Crippen LogP contribution in [0.4, 0.5) is 10.1 Å². The summed E-state index contributed by atoms with van der Waals surface area (Å²) in [5.41, 5.74) is 0.185. The summed E-state index contributed by atoms with van der Waals surface area (Å²) < 4.78 is 19.5. The number of halogens is 2. The zero-order valence-corrected chi connectivity index (χ0v) is 14.4. The van der Waals surface area contributed by atoms with Crippen LogP contribution in [0.3, 0.4) is 0 Å². The molecule has 1 heterocycles. The third-order valence-electron chi connectivity index (χ3n) is 5.11. The second kappa shape index (κ2) is 6.04. The molecule has 1 amide bonds. The highest BCUT2D eigenvalue weighted by molar-refractivity contribution is 6.30. The highest BCUT2D eigenvalue weighted by Crippen LogP contribution is 2.54. The van der Waals surface area contributed by atoms with Crippen molar-refractivity contribution in [2.24, 2.45) is 11.3 Å². The van der Waals surface area contributed by atoms with Gasteiger partial charge in [-0.3, -0.25) is 9.69 Å². The first kappa shape index (κ1) is 16.7. The first-order chi connectivity index (χ1) is 10.8. The molecule has 1 N–H and O–H groups in total. The van der Waals surface area contributed by atoms with Gasteiger partial charge in [-0.2, -0.15) is 0 Å². The third-order valence-corrected chi connectivity index (χ3v) is 5.35. The summed E-state index contributed by atoms with van der Waals surface area (Å²) in [5, 5.41) is 2.92. The Labute approximate surface area is 140 Å². The van der Waals surface area contributed by atoms with Crippen LogP contribution in [-0.2, 0) is 9.53 Å². The van der Waals surface area contributed by atoms with Crippen LogP contribution in [0.15, 0.2) is 18.2 Å². The molecule has 0 aromatic heterocycles. The Bertz CT molecular complexity index is 623. The number of carbonyl (C=O) groups excluding carboxylic acids is 1. The fourth-order valence-electron chi connectivity index (χ4n) is 4.30. The van der Waals surface area contributed by atoms with Gasteiger partial charge in [0.1, 0.15) is 5.82 Å². The van der Waals surface area contributed by atoms with E-state index in [0.29, 0.717) is 17.0 Å². The van der Waals surface area contributed by atoms with Gasteiger partial charge < -0.3 is 10.1 Å². The number of hydrogen-bond acceptors (Lipinski definition) is 3. The molecule has 2 fully saturated rings. The van der Waals surface area contributed by atoms with Crippen LogP contribution in [0.1, 0.15) is 20.3 Å². The molecule has 0 unspecified atom stereocenters. The lowest BCUT2D eigenvalue weighted by Crippen LogP contribution is -2.66. The molecule has 4 nitrogen and oxygen atoms in total. The van der Waals surface area contributed by atoms with Crippen LogP contribution in [0.2, 0.25) is 5.02 Å². The number of carbonyl (C=O) groups is 1. The van der Waals surface area contributed by atoms with Crippen molar-refractivity contribution < 1.29 is 13.9 Å². The quantitative estimate of drug-likeness (QED) is 0.915. The molecule has 0 spiro atoms. The third kappa shape index (κ3) is 2.97. The Morgan fingerprint density at radius 1 is 1.52 bits per heavy atom. The molecule has 3 rings (SSSR count). The second-order valence-electron chi connectivity index (χ2n) is 7.10. The van der Waals surface area contributed by atoms with Gasteiger partial charge in [-0.05, 0) is 31.7 Å². The van der Waals surface area contributed by atoms with Gasteiger partial charge in [0.25, 0.3) is 0 Å². The van der Waals surface area contributed by atoms with E-state index in [4.69, 9.17) is 16.3 Å². The standard InChI is InChI=1S/C17H22ClFN2O2/c1-17(2)15(11-6-7-23-16(11)17)21(3)9-14(22)20-13-5-4-10(18)8-12(13)19/h4-5,8,11,15-16H,6-7,9H2,1-3H3,(H,20,22)/t11-,15+,16+/m0/s1. The number of anilines is 1. The number of fused-ring (bicyclic) bond motifs is 1. The molecule has 3 atom stereocenters. The molecule has 126 valence electrons. The van der Waals surface area contributed by atoms with Gasteiger partial charge in [-0.1, -0.05) is 25.4 Å². The first-order valence-corrected chi connectivity index (χ1v) is 8.25. The molecule has 6 heteroatoms. The molecule has 1 saturated carbocycles. The van der Waals surface area contributed by atoms with Crippen LogP contribution in [-0.4, -0.2) is 43.2 Å². The molecular formula is C17H22ClFN2O2. The van der Waals surface area contributed by atoms with Crippen LogP contribution in [0.5, 0.6) is 0 Å². The summed E-state index contributed by atoms with van der Waals surface area (Å²) in [4.78, 5) is 14.3. The summed E-state index contributed by atoms with van der Waals surface area (Å²) in [7, 11) is 1.94. The molecule has 1 saturated heterocycles. The molecular weight excluding hydrogens is 319 g/mol. The van der Waals surface area contributed by atoms with Crippen molar-refractivity contribution >= 4 is 23.2 Å². The fourth-order valence-corrected chi connectivity index (χ4v) is 4.46. The van der Waals surface area contributed by atoms with Gasteiger partial charge in [0.15, 0.2) is 0 Å². The second-order valence-corrected chi connectivity index (χ2v) is 7.53. The fraction of sp³-hybridized carbons (Fsp3) is 0.588. The van der Waals surface area contributed by atoms with E-state index in [0.717, 1.165) is 13.0 Å². The smallest absolute Gasteiger partial charge is 0.238 e. The van der Waals surface area contributed by atoms with Gasteiger partial charge in [0.2, 0.25) is 5.91 Å². The lowest BCUT2D eigenvalue weighted by molar-refractivity contribution is -0.152. The Hall–Kier alpha value is -1.17. The highest BCUT2D eigenvalue weighted by Gasteiger charge is 2.60. The minimum atomic E-state index is -0.526. The summed E-state index contributed by atoms with van der Waals surface area (Å²) in [6.45, 7) is 5.37. The topological polar surface area (TPSA) is 41.6 Å². The van der Waals surface area contributed by atoms with E-state index in [-0.39, 0.29) is 29.7 Å². The lowest BCUT2D eigenvalue weighted by Gasteiger charge is -2.57. The van der Waals surface area contributed by atoms with Crippen molar-refractivity contribution in [3.05, 3.63) is 29.0 Å². The van der Waals surface area contributed by atoms with Gasteiger partial charge in [0, 0.05) is 29.0 Å². The number of amides is 1. The van der Waals surface area contributed by atoms with Crippen molar-refractivity contribution in [2.45, 2.75) is 32.4 Å². The lowest BCUT2D eigenvalue weighted by atomic mass is 9.57. The Kier molecular flexibility index (Phi) is 4.38. The number of benzene rings is 1. The van der Waals surface area contributed by atoms with Gasteiger partial charge in [0.05, 0.1) is 18.3 Å². The van der Waals surface area contributed by atoms with E-state index < -0.39 is 5.82 Å². The van der Waals surface area contributed by atoms with E-state index in [1.807, 2.05) is 7.05 Å². The van der Waals surface area contributed by atoms with Gasteiger partial charge >= 0.3 is 0 Å². The number of rotatable bonds is 4. The average molecular weight is 341 g/mol. The molecule has 1 aliphatic heterocycles. The first-order valence-electron chi connectivity index (χ1n) is 7.87. The maximum atomic E-state index is 13.8. The number of nitrogens with one attached hydrogen (secondary N) is 1. The molecule has 23 heavy (non-hydrogen) atoms. The molecule has 1 aromatic carbocycles. The Morgan fingerprint density at radius 3 is 2.96 bits per heavy atom. The molecule has 1 aromatic rings. The summed E-state index contributed by atoms with van der Waals surface area (Å²) in [5.74, 6) is -0.274. The number of ether oxygens (including phenoxy) is 1. The van der Waals surface area contributed by atoms with Crippen molar-refractivity contribution in [2.75, 3.05) is 25.5 Å². The maximum Gasteiger partial charge on any atom is 0.238 e. The summed E-state index contributed by atoms with van der Waals surface area (Å²) in [6.07, 6.45) is 1.32. The highest BCUT2D eigenvalue weighted by atomic mass is 35.5. The van der Waals surface area contributed by atoms with Crippen LogP contribution >= 0.6 is 11.6 Å². The van der Waals surface area contributed by atoms with E-state index in [1.165, 1.54) is 12.1 Å². The largest absolute Gasteiger partial charge is 0.377 e. The van der Waals surface area contributed by atoms with Crippen molar-refractivity contribution in [1.82, 2.24) is 4.90 Å². The molecule has 1 aliphatic carbocycles. The predicted octanol–water partition coefficient (Wildman–Crippen LogP) is 3.16. The predicted molar refractivity (Wildman–Crippen MR) is 88.1 cm³/mol. The Morgan fingerprint density at radius 2 is 2.26 bits per heavy atom. The molecule has 0 radical (unpaired) electrons. The number of likely N-dealkylation sites (N-methyl/N-ethyl adjacent to an activating group) is 1. The normalized spacial score (nSPS) is 28.3. The summed E-state index contributed by atoms with van der Waals surface area (Å²) >= 11 is 5.72. The average Bonchev–Trinajstić information content (AvgIpc) is 2.87. The van der Waals surface area contributed by atoms with Crippen LogP contribution in [0.25, 0.3) is 0 Å². The Balaban J connectivity index is 1.61. The zero-order valence-electron chi connectivity index (χ0n) is 13.6. The number of hydrogen-bond donors (Lipinski definition) is 1. The maximum absolute atomic E-state index is 13.8. The van der Waals surface area contributed by atoms with E-state index in [9.17, 15) is 9.18 Å². The monoisotopic (exact) mass is 340 g/mol. The van der Waals surface area contributed by atoms with Gasteiger partial charge in [-0.15, -0.1) is 0 Å². The SMILES string of the molecule is CN(CC(=O)Nc1ccc(Cl)cc1F)[C@@H]1[C@@H]2CCO[C@H]2C1(C)C. The van der Waals surface area contributed by atoms with E-state index in [2.05, 4.69) is 24.1 Å². The van der Waals surface area contributed by atoms with Crippen molar-refractivity contribution in [3.63, 3.8) is 0 Å². The van der Waals surface area contributed by atoms with Crippen molar-refractivity contribution in [3.8, 4) is 0 Å². The van der Waals surface area contributed by atoms with Gasteiger partial charge in [-0.25, -0.2) is 4.39 Å². The van der Waals surface area contributed by atoms with E-state index >= 15 is 0 Å². The van der Waals surface area contributed by atoms with E-state index in [1.54, 1.807) is 6.07 Å². The molecule has 2 aliphatic rings.